The molecule has 1 saturated heterocycles. The fraction of sp³-hybridized carbons (Fsp3) is 0.524. The van der Waals surface area contributed by atoms with Crippen molar-refractivity contribution in [3.8, 4) is 11.5 Å². The molecule has 1 N–H and O–H groups in total. The number of hydrogen-bond donors (Lipinski definition) is 1. The molecule has 0 amide bonds. The van der Waals surface area contributed by atoms with Crippen LogP contribution in [-0.4, -0.2) is 74.9 Å². The number of ketones is 1. The topological polar surface area (TPSA) is 94.5 Å². The van der Waals surface area contributed by atoms with Crippen LogP contribution in [-0.2, 0) is 25.5 Å². The molecule has 8 heteroatoms. The van der Waals surface area contributed by atoms with Gasteiger partial charge in [0.05, 0.1) is 27.4 Å². The fourth-order valence-electron chi connectivity index (χ4n) is 3.57. The minimum absolute atomic E-state index is 0.102. The van der Waals surface area contributed by atoms with Crippen molar-refractivity contribution < 1.29 is 33.6 Å². The highest BCUT2D eigenvalue weighted by Crippen LogP contribution is 2.29. The Morgan fingerprint density at radius 2 is 2.00 bits per heavy atom. The van der Waals surface area contributed by atoms with Crippen molar-refractivity contribution in [2.24, 2.45) is 0 Å². The minimum Gasteiger partial charge on any atom is -0.507 e. The van der Waals surface area contributed by atoms with Crippen LogP contribution in [0.4, 0.5) is 0 Å². The maximum atomic E-state index is 12.7. The lowest BCUT2D eigenvalue weighted by Gasteiger charge is -2.26. The van der Waals surface area contributed by atoms with Gasteiger partial charge in [-0.25, -0.2) is 4.79 Å². The third-order valence-corrected chi connectivity index (χ3v) is 5.18. The monoisotopic (exact) mass is 405 g/mol. The number of nitrogens with zero attached hydrogens (tertiary/aromatic N) is 1. The summed E-state index contributed by atoms with van der Waals surface area (Å²) in [4.78, 5) is 27.2. The molecule has 0 saturated carbocycles. The van der Waals surface area contributed by atoms with Crippen LogP contribution in [0.15, 0.2) is 29.5 Å². The molecule has 1 unspecified atom stereocenters. The summed E-state index contributed by atoms with van der Waals surface area (Å²) in [5.41, 5.74) is 0.298. The molecule has 1 aromatic carbocycles. The fourth-order valence-corrected chi connectivity index (χ4v) is 3.57. The van der Waals surface area contributed by atoms with Crippen molar-refractivity contribution in [3.05, 3.63) is 35.1 Å². The Balaban J connectivity index is 1.64. The second kappa shape index (κ2) is 9.76. The zero-order valence-electron chi connectivity index (χ0n) is 16.8. The van der Waals surface area contributed by atoms with Crippen LogP contribution in [0, 0.1) is 0 Å². The first-order chi connectivity index (χ1) is 14.0. The molecule has 2 heterocycles. The molecule has 0 bridgehead atoms. The quantitative estimate of drug-likeness (QED) is 0.490. The van der Waals surface area contributed by atoms with Crippen LogP contribution in [0.25, 0.3) is 0 Å². The molecule has 1 fully saturated rings. The van der Waals surface area contributed by atoms with Gasteiger partial charge in [0, 0.05) is 25.1 Å². The number of aliphatic hydroxyl groups is 1. The Kier molecular flexibility index (Phi) is 7.11. The molecule has 3 rings (SSSR count). The summed E-state index contributed by atoms with van der Waals surface area (Å²) in [5.74, 6) is -0.473. The standard InChI is InChI=1S/C21H27NO7/c1-26-15-5-6-17(27-2)14(12-15)13-16(23)19-20(24)18(29-21(19)25)4-3-7-22-8-10-28-11-9-22/h5-6,12,18,24H,3-4,7-11,13H2,1-2H3. The summed E-state index contributed by atoms with van der Waals surface area (Å²) in [6, 6.07) is 5.09. The van der Waals surface area contributed by atoms with E-state index in [1.165, 1.54) is 14.2 Å². The lowest BCUT2D eigenvalue weighted by atomic mass is 10.00. The van der Waals surface area contributed by atoms with Crippen LogP contribution in [0.3, 0.4) is 0 Å². The van der Waals surface area contributed by atoms with Gasteiger partial charge >= 0.3 is 5.97 Å². The number of morpholine rings is 1. The van der Waals surface area contributed by atoms with Crippen molar-refractivity contribution in [2.45, 2.75) is 25.4 Å². The Hall–Kier alpha value is -2.58. The number of aliphatic hydroxyl groups excluding tert-OH is 1. The number of benzene rings is 1. The number of carbonyl (C=O) groups excluding carboxylic acids is 2. The summed E-state index contributed by atoms with van der Waals surface area (Å²) >= 11 is 0. The zero-order chi connectivity index (χ0) is 20.8. The third-order valence-electron chi connectivity index (χ3n) is 5.18. The van der Waals surface area contributed by atoms with Gasteiger partial charge in [-0.3, -0.25) is 9.69 Å². The van der Waals surface area contributed by atoms with E-state index in [0.29, 0.717) is 23.5 Å². The normalized spacial score (nSPS) is 19.9. The average Bonchev–Trinajstić information content (AvgIpc) is 3.02. The molecule has 0 radical (unpaired) electrons. The van der Waals surface area contributed by atoms with E-state index in [4.69, 9.17) is 18.9 Å². The van der Waals surface area contributed by atoms with Crippen molar-refractivity contribution in [3.63, 3.8) is 0 Å². The molecule has 29 heavy (non-hydrogen) atoms. The Morgan fingerprint density at radius 3 is 2.69 bits per heavy atom. The van der Waals surface area contributed by atoms with E-state index in [1.807, 2.05) is 0 Å². The highest BCUT2D eigenvalue weighted by Gasteiger charge is 2.38. The van der Waals surface area contributed by atoms with Crippen LogP contribution in [0.5, 0.6) is 11.5 Å². The predicted octanol–water partition coefficient (Wildman–Crippen LogP) is 1.67. The van der Waals surface area contributed by atoms with Gasteiger partial charge in [0.15, 0.2) is 17.6 Å². The van der Waals surface area contributed by atoms with Gasteiger partial charge in [0.1, 0.15) is 17.1 Å². The lowest BCUT2D eigenvalue weighted by molar-refractivity contribution is -0.141. The summed E-state index contributed by atoms with van der Waals surface area (Å²) in [5, 5.41) is 10.5. The maximum absolute atomic E-state index is 12.7. The van der Waals surface area contributed by atoms with Gasteiger partial charge < -0.3 is 24.1 Å². The highest BCUT2D eigenvalue weighted by molar-refractivity contribution is 6.19. The molecule has 0 aromatic heterocycles. The Labute approximate surface area is 170 Å². The van der Waals surface area contributed by atoms with Gasteiger partial charge in [0.25, 0.3) is 0 Å². The summed E-state index contributed by atoms with van der Waals surface area (Å²) in [7, 11) is 3.03. The number of methoxy groups -OCH3 is 2. The average molecular weight is 405 g/mol. The maximum Gasteiger partial charge on any atom is 0.346 e. The molecule has 0 spiro atoms. The summed E-state index contributed by atoms with van der Waals surface area (Å²) in [6.45, 7) is 4.01. The van der Waals surface area contributed by atoms with Crippen LogP contribution in [0.2, 0.25) is 0 Å². The molecule has 0 aliphatic carbocycles. The molecule has 1 atom stereocenters. The second-order valence-electron chi connectivity index (χ2n) is 7.03. The van der Waals surface area contributed by atoms with E-state index in [-0.39, 0.29) is 17.8 Å². The molecular formula is C21H27NO7. The number of ether oxygens (including phenoxy) is 4. The Morgan fingerprint density at radius 1 is 1.24 bits per heavy atom. The first kappa shape index (κ1) is 21.1. The number of rotatable bonds is 9. The predicted molar refractivity (Wildman–Crippen MR) is 104 cm³/mol. The smallest absolute Gasteiger partial charge is 0.346 e. The van der Waals surface area contributed by atoms with Crippen molar-refractivity contribution in [1.29, 1.82) is 0 Å². The highest BCUT2D eigenvalue weighted by atomic mass is 16.6. The van der Waals surface area contributed by atoms with E-state index in [9.17, 15) is 14.7 Å². The molecule has 1 aromatic rings. The second-order valence-corrected chi connectivity index (χ2v) is 7.03. The molecule has 2 aliphatic heterocycles. The summed E-state index contributed by atoms with van der Waals surface area (Å²) in [6.07, 6.45) is 0.339. The van der Waals surface area contributed by atoms with E-state index >= 15 is 0 Å². The number of cyclic esters (lactones) is 1. The zero-order valence-corrected chi connectivity index (χ0v) is 16.8. The molecule has 8 nitrogen and oxygen atoms in total. The number of carbonyl (C=O) groups is 2. The van der Waals surface area contributed by atoms with Gasteiger partial charge in [-0.05, 0) is 37.6 Å². The van der Waals surface area contributed by atoms with E-state index < -0.39 is 17.9 Å². The van der Waals surface area contributed by atoms with Crippen LogP contribution in [0.1, 0.15) is 18.4 Å². The van der Waals surface area contributed by atoms with Gasteiger partial charge in [-0.15, -0.1) is 0 Å². The van der Waals surface area contributed by atoms with Gasteiger partial charge in [-0.2, -0.15) is 0 Å². The van der Waals surface area contributed by atoms with E-state index in [0.717, 1.165) is 39.3 Å². The largest absolute Gasteiger partial charge is 0.507 e. The number of hydrogen-bond acceptors (Lipinski definition) is 8. The third kappa shape index (κ3) is 5.07. The van der Waals surface area contributed by atoms with Crippen LogP contribution < -0.4 is 9.47 Å². The molecule has 2 aliphatic rings. The van der Waals surface area contributed by atoms with Gasteiger partial charge in [-0.1, -0.05) is 0 Å². The lowest BCUT2D eigenvalue weighted by Crippen LogP contribution is -2.37. The van der Waals surface area contributed by atoms with E-state index in [2.05, 4.69) is 4.90 Å². The van der Waals surface area contributed by atoms with Crippen molar-refractivity contribution in [2.75, 3.05) is 47.1 Å². The number of esters is 1. The van der Waals surface area contributed by atoms with Crippen molar-refractivity contribution in [1.82, 2.24) is 4.90 Å². The Bertz CT molecular complexity index is 783. The molecular weight excluding hydrogens is 378 g/mol. The van der Waals surface area contributed by atoms with Crippen LogP contribution >= 0.6 is 0 Å². The van der Waals surface area contributed by atoms with Crippen molar-refractivity contribution >= 4 is 11.8 Å². The van der Waals surface area contributed by atoms with Gasteiger partial charge in [0.2, 0.25) is 0 Å². The SMILES string of the molecule is COc1ccc(OC)c(CC(=O)C2=C(O)C(CCCN3CCOCC3)OC2=O)c1. The first-order valence-corrected chi connectivity index (χ1v) is 9.71. The minimum atomic E-state index is -0.772. The number of Topliss-reactive ketones (excluding diaryl/α,β-unsaturated/α-hetero) is 1. The van der Waals surface area contributed by atoms with E-state index in [1.54, 1.807) is 18.2 Å². The summed E-state index contributed by atoms with van der Waals surface area (Å²) < 4.78 is 21.0. The first-order valence-electron chi connectivity index (χ1n) is 9.71. The molecule has 158 valence electrons.